The highest BCUT2D eigenvalue weighted by molar-refractivity contribution is 5.97. The average molecular weight is 488 g/mol. The van der Waals surface area contributed by atoms with Crippen LogP contribution in [-0.4, -0.2) is 48.1 Å². The number of aromatic nitrogens is 1. The van der Waals surface area contributed by atoms with Gasteiger partial charge in [0, 0.05) is 43.2 Å². The number of hydrogen-bond acceptors (Lipinski definition) is 6. The average Bonchev–Trinajstić information content (AvgIpc) is 2.93. The first-order valence-corrected chi connectivity index (χ1v) is 12.1. The van der Waals surface area contributed by atoms with E-state index in [1.807, 2.05) is 48.2 Å². The Morgan fingerprint density at radius 3 is 2.58 bits per heavy atom. The number of ether oxygens (including phenoxy) is 3. The molecule has 8 nitrogen and oxygen atoms in total. The number of fused-ring (bicyclic) bond motifs is 1. The quantitative estimate of drug-likeness (QED) is 0.487. The summed E-state index contributed by atoms with van der Waals surface area (Å²) in [4.78, 5) is 33.5. The Kier molecular flexibility index (Phi) is 6.75. The summed E-state index contributed by atoms with van der Waals surface area (Å²) in [6.45, 7) is 3.33. The number of cyclic esters (lactones) is 1. The number of carbonyl (C=O) groups is 2. The van der Waals surface area contributed by atoms with Crippen LogP contribution in [0.2, 0.25) is 0 Å². The fourth-order valence-electron chi connectivity index (χ4n) is 4.85. The molecule has 0 saturated carbocycles. The Labute approximate surface area is 210 Å². The van der Waals surface area contributed by atoms with Crippen LogP contribution in [0.4, 0.5) is 10.5 Å². The Morgan fingerprint density at radius 1 is 1.08 bits per heavy atom. The Bertz CT molecular complexity index is 1240. The van der Waals surface area contributed by atoms with Gasteiger partial charge in [0.05, 0.1) is 18.4 Å². The summed E-state index contributed by atoms with van der Waals surface area (Å²) in [5.74, 6) is 0.990. The Hall–Kier alpha value is -4.07. The van der Waals surface area contributed by atoms with Crippen molar-refractivity contribution < 1.29 is 23.8 Å². The molecule has 5 rings (SSSR count). The minimum absolute atomic E-state index is 0.0182. The van der Waals surface area contributed by atoms with Gasteiger partial charge < -0.3 is 19.1 Å². The van der Waals surface area contributed by atoms with E-state index in [9.17, 15) is 9.59 Å². The van der Waals surface area contributed by atoms with Crippen molar-refractivity contribution in [3.05, 3.63) is 83.7 Å². The minimum atomic E-state index is -0.322. The van der Waals surface area contributed by atoms with Crippen LogP contribution < -0.4 is 14.4 Å². The molecular weight excluding hydrogens is 458 g/mol. The lowest BCUT2D eigenvalue weighted by molar-refractivity contribution is 0.0705. The number of benzene rings is 2. The molecule has 0 N–H and O–H groups in total. The molecule has 1 atom stereocenters. The SMILES string of the molecule is COc1cc(O[C@H](C)c2ccncc2)ccc1C(=O)N1CCC(N2C(=O)OCc3ccccc32)CC1. The van der Waals surface area contributed by atoms with Crippen LogP contribution in [0, 0.1) is 0 Å². The molecule has 1 saturated heterocycles. The van der Waals surface area contributed by atoms with Gasteiger partial charge in [-0.25, -0.2) is 4.79 Å². The van der Waals surface area contributed by atoms with Crippen LogP contribution in [0.15, 0.2) is 67.0 Å². The molecule has 0 spiro atoms. The van der Waals surface area contributed by atoms with Crippen molar-refractivity contribution in [3.63, 3.8) is 0 Å². The van der Waals surface area contributed by atoms with Gasteiger partial charge in [-0.05, 0) is 55.7 Å². The molecule has 8 heteroatoms. The highest BCUT2D eigenvalue weighted by atomic mass is 16.6. The van der Waals surface area contributed by atoms with Gasteiger partial charge in [0.1, 0.15) is 24.2 Å². The van der Waals surface area contributed by atoms with E-state index in [4.69, 9.17) is 14.2 Å². The summed E-state index contributed by atoms with van der Waals surface area (Å²) < 4.78 is 17.0. The molecular formula is C28H29N3O5. The smallest absolute Gasteiger partial charge is 0.414 e. The molecule has 0 radical (unpaired) electrons. The van der Waals surface area contributed by atoms with E-state index in [1.54, 1.807) is 42.6 Å². The number of pyridine rings is 1. The first-order chi connectivity index (χ1) is 17.5. The number of hydrogen-bond donors (Lipinski definition) is 0. The van der Waals surface area contributed by atoms with Crippen LogP contribution in [0.25, 0.3) is 0 Å². The van der Waals surface area contributed by atoms with Crippen LogP contribution in [0.3, 0.4) is 0 Å². The maximum atomic E-state index is 13.4. The van der Waals surface area contributed by atoms with Crippen LogP contribution in [0.1, 0.15) is 47.4 Å². The van der Waals surface area contributed by atoms with Gasteiger partial charge in [-0.1, -0.05) is 18.2 Å². The Balaban J connectivity index is 1.26. The highest BCUT2D eigenvalue weighted by Crippen LogP contribution is 2.33. The number of carbonyl (C=O) groups excluding carboxylic acids is 2. The summed E-state index contributed by atoms with van der Waals surface area (Å²) in [6.07, 6.45) is 4.30. The molecule has 2 aromatic carbocycles. The van der Waals surface area contributed by atoms with Crippen molar-refractivity contribution in [3.8, 4) is 11.5 Å². The van der Waals surface area contributed by atoms with Gasteiger partial charge in [-0.15, -0.1) is 0 Å². The van der Waals surface area contributed by atoms with Gasteiger partial charge in [0.15, 0.2) is 0 Å². The zero-order valence-corrected chi connectivity index (χ0v) is 20.4. The predicted octanol–water partition coefficient (Wildman–Crippen LogP) is 4.99. The van der Waals surface area contributed by atoms with Gasteiger partial charge >= 0.3 is 6.09 Å². The number of likely N-dealkylation sites (tertiary alicyclic amines) is 1. The zero-order valence-electron chi connectivity index (χ0n) is 20.4. The predicted molar refractivity (Wildman–Crippen MR) is 134 cm³/mol. The van der Waals surface area contributed by atoms with Crippen LogP contribution in [-0.2, 0) is 11.3 Å². The third kappa shape index (κ3) is 4.71. The van der Waals surface area contributed by atoms with Crippen molar-refractivity contribution in [2.45, 2.75) is 38.5 Å². The number of nitrogens with zero attached hydrogens (tertiary/aromatic N) is 3. The Morgan fingerprint density at radius 2 is 1.83 bits per heavy atom. The summed E-state index contributed by atoms with van der Waals surface area (Å²) in [5, 5.41) is 0. The monoisotopic (exact) mass is 487 g/mol. The van der Waals surface area contributed by atoms with Gasteiger partial charge in [-0.3, -0.25) is 14.7 Å². The number of rotatable bonds is 6. The van der Waals surface area contributed by atoms with E-state index in [-0.39, 0.29) is 24.1 Å². The fraction of sp³-hybridized carbons (Fsp3) is 0.321. The molecule has 1 fully saturated rings. The molecule has 36 heavy (non-hydrogen) atoms. The summed E-state index contributed by atoms with van der Waals surface area (Å²) >= 11 is 0. The van der Waals surface area contributed by atoms with Crippen LogP contribution >= 0.6 is 0 Å². The second kappa shape index (κ2) is 10.3. The lowest BCUT2D eigenvalue weighted by atomic mass is 10.00. The van der Waals surface area contributed by atoms with Crippen molar-refractivity contribution in [2.24, 2.45) is 0 Å². The van der Waals surface area contributed by atoms with E-state index < -0.39 is 0 Å². The number of amides is 2. The molecule has 3 heterocycles. The lowest BCUT2D eigenvalue weighted by Gasteiger charge is -2.40. The number of methoxy groups -OCH3 is 1. The molecule has 1 aromatic heterocycles. The summed E-state index contributed by atoms with van der Waals surface area (Å²) in [7, 11) is 1.55. The first-order valence-electron chi connectivity index (χ1n) is 12.1. The van der Waals surface area contributed by atoms with E-state index in [1.165, 1.54) is 0 Å². The fourth-order valence-corrected chi connectivity index (χ4v) is 4.85. The highest BCUT2D eigenvalue weighted by Gasteiger charge is 2.35. The van der Waals surface area contributed by atoms with E-state index in [2.05, 4.69) is 4.98 Å². The van der Waals surface area contributed by atoms with Crippen molar-refractivity contribution >= 4 is 17.7 Å². The van der Waals surface area contributed by atoms with Gasteiger partial charge in [0.25, 0.3) is 5.91 Å². The second-order valence-corrected chi connectivity index (χ2v) is 8.98. The molecule has 0 bridgehead atoms. The topological polar surface area (TPSA) is 81.2 Å². The van der Waals surface area contributed by atoms with E-state index in [0.29, 0.717) is 49.6 Å². The van der Waals surface area contributed by atoms with Gasteiger partial charge in [0.2, 0.25) is 0 Å². The third-order valence-corrected chi connectivity index (χ3v) is 6.81. The van der Waals surface area contributed by atoms with E-state index in [0.717, 1.165) is 16.8 Å². The molecule has 3 aromatic rings. The normalized spacial score (nSPS) is 16.7. The van der Waals surface area contributed by atoms with Crippen molar-refractivity contribution in [2.75, 3.05) is 25.1 Å². The second-order valence-electron chi connectivity index (χ2n) is 8.98. The molecule has 0 unspecified atom stereocenters. The third-order valence-electron chi connectivity index (χ3n) is 6.81. The number of piperidine rings is 1. The summed E-state index contributed by atoms with van der Waals surface area (Å²) in [5.41, 5.74) is 3.40. The summed E-state index contributed by atoms with van der Waals surface area (Å²) in [6, 6.07) is 16.9. The molecule has 186 valence electrons. The van der Waals surface area contributed by atoms with Crippen molar-refractivity contribution in [1.82, 2.24) is 9.88 Å². The maximum Gasteiger partial charge on any atom is 0.414 e. The van der Waals surface area contributed by atoms with Gasteiger partial charge in [-0.2, -0.15) is 0 Å². The lowest BCUT2D eigenvalue weighted by Crippen LogP contribution is -2.50. The standard InChI is InChI=1S/C28H29N3O5/c1-19(20-9-13-29-14-10-20)36-23-7-8-24(26(17-23)34-2)27(32)30-15-11-22(12-16-30)31-25-6-4-3-5-21(25)18-35-28(31)33/h3-10,13-14,17,19,22H,11-12,15-16,18H2,1-2H3/t19-/m1/s1. The van der Waals surface area contributed by atoms with E-state index >= 15 is 0 Å². The largest absolute Gasteiger partial charge is 0.496 e. The molecule has 2 aliphatic heterocycles. The number of anilines is 1. The minimum Gasteiger partial charge on any atom is -0.496 e. The molecule has 2 aliphatic rings. The molecule has 2 amide bonds. The molecule has 0 aliphatic carbocycles. The van der Waals surface area contributed by atoms with Crippen molar-refractivity contribution in [1.29, 1.82) is 0 Å². The van der Waals surface area contributed by atoms with Crippen LogP contribution in [0.5, 0.6) is 11.5 Å². The number of para-hydroxylation sites is 1. The maximum absolute atomic E-state index is 13.4. The zero-order chi connectivity index (χ0) is 25.1. The first kappa shape index (κ1) is 23.7.